The van der Waals surface area contributed by atoms with Crippen molar-refractivity contribution in [3.63, 3.8) is 0 Å². The second-order valence-electron chi connectivity index (χ2n) is 4.51. The number of phenols is 1. The van der Waals surface area contributed by atoms with Crippen LogP contribution < -0.4 is 0 Å². The van der Waals surface area contributed by atoms with Crippen molar-refractivity contribution in [1.29, 1.82) is 0 Å². The molecule has 0 radical (unpaired) electrons. The van der Waals surface area contributed by atoms with E-state index < -0.39 is 0 Å². The van der Waals surface area contributed by atoms with Gasteiger partial charge in [0.2, 0.25) is 0 Å². The van der Waals surface area contributed by atoms with Crippen LogP contribution in [-0.4, -0.2) is 52.9 Å². The van der Waals surface area contributed by atoms with Gasteiger partial charge in [0.15, 0.2) is 0 Å². The summed E-state index contributed by atoms with van der Waals surface area (Å²) in [5.41, 5.74) is 0.526. The molecule has 0 aliphatic carbocycles. The van der Waals surface area contributed by atoms with Gasteiger partial charge < -0.3 is 19.8 Å². The summed E-state index contributed by atoms with van der Waals surface area (Å²) >= 11 is 0. The highest BCUT2D eigenvalue weighted by Gasteiger charge is 2.28. The van der Waals surface area contributed by atoms with E-state index in [1.54, 1.807) is 17.0 Å². The topological polar surface area (TPSA) is 70.0 Å². The van der Waals surface area contributed by atoms with Crippen molar-refractivity contribution in [2.75, 3.05) is 19.7 Å². The van der Waals surface area contributed by atoms with Crippen molar-refractivity contribution in [3.8, 4) is 5.75 Å². The molecule has 0 saturated carbocycles. The quantitative estimate of drug-likeness (QED) is 0.808. The average Bonchev–Trinajstić information content (AvgIpc) is 2.38. The molecule has 5 nitrogen and oxygen atoms in total. The molecule has 2 atom stereocenters. The monoisotopic (exact) mass is 251 g/mol. The molecule has 18 heavy (non-hydrogen) atoms. The standard InChI is InChI=1S/C13H17NO4/c1-9-6-14(7-12(8-15)18-9)13(17)10-2-4-11(16)5-3-10/h2-5,9,12,15-16H,6-8H2,1H3. The normalized spacial score (nSPS) is 24.0. The third kappa shape index (κ3) is 2.80. The lowest BCUT2D eigenvalue weighted by atomic mass is 10.1. The first kappa shape index (κ1) is 12.9. The van der Waals surface area contributed by atoms with E-state index in [2.05, 4.69) is 0 Å². The van der Waals surface area contributed by atoms with Crippen LogP contribution in [0.2, 0.25) is 0 Å². The predicted octanol–water partition coefficient (Wildman–Crippen LogP) is 0.614. The highest BCUT2D eigenvalue weighted by molar-refractivity contribution is 5.94. The first-order chi connectivity index (χ1) is 8.60. The molecule has 1 fully saturated rings. The third-order valence-electron chi connectivity index (χ3n) is 2.93. The van der Waals surface area contributed by atoms with Gasteiger partial charge in [-0.2, -0.15) is 0 Å². The largest absolute Gasteiger partial charge is 0.508 e. The van der Waals surface area contributed by atoms with E-state index in [4.69, 9.17) is 9.84 Å². The molecular weight excluding hydrogens is 234 g/mol. The van der Waals surface area contributed by atoms with Gasteiger partial charge in [-0.1, -0.05) is 0 Å². The lowest BCUT2D eigenvalue weighted by Crippen LogP contribution is -2.50. The van der Waals surface area contributed by atoms with E-state index in [0.29, 0.717) is 18.7 Å². The number of nitrogens with zero attached hydrogens (tertiary/aromatic N) is 1. The lowest BCUT2D eigenvalue weighted by molar-refractivity contribution is -0.0858. The summed E-state index contributed by atoms with van der Waals surface area (Å²) in [4.78, 5) is 13.9. The van der Waals surface area contributed by atoms with E-state index in [9.17, 15) is 9.90 Å². The molecule has 0 aromatic heterocycles. The summed E-state index contributed by atoms with van der Waals surface area (Å²) in [6, 6.07) is 6.15. The fraction of sp³-hybridized carbons (Fsp3) is 0.462. The Hall–Kier alpha value is -1.59. The summed E-state index contributed by atoms with van der Waals surface area (Å²) in [7, 11) is 0. The SMILES string of the molecule is CC1CN(C(=O)c2ccc(O)cc2)CC(CO)O1. The van der Waals surface area contributed by atoms with Gasteiger partial charge in [0.1, 0.15) is 5.75 Å². The lowest BCUT2D eigenvalue weighted by Gasteiger charge is -2.36. The predicted molar refractivity (Wildman–Crippen MR) is 65.4 cm³/mol. The molecule has 2 rings (SSSR count). The van der Waals surface area contributed by atoms with Gasteiger partial charge in [0.25, 0.3) is 5.91 Å². The highest BCUT2D eigenvalue weighted by Crippen LogP contribution is 2.16. The maximum atomic E-state index is 12.2. The number of hydrogen-bond donors (Lipinski definition) is 2. The second kappa shape index (κ2) is 5.37. The molecule has 1 aromatic rings. The van der Waals surface area contributed by atoms with E-state index in [0.717, 1.165) is 0 Å². The Morgan fingerprint density at radius 3 is 2.67 bits per heavy atom. The van der Waals surface area contributed by atoms with Crippen LogP contribution >= 0.6 is 0 Å². The van der Waals surface area contributed by atoms with Gasteiger partial charge in [0, 0.05) is 18.7 Å². The average molecular weight is 251 g/mol. The minimum absolute atomic E-state index is 0.0861. The Morgan fingerprint density at radius 1 is 1.39 bits per heavy atom. The fourth-order valence-electron chi connectivity index (χ4n) is 2.10. The minimum Gasteiger partial charge on any atom is -0.508 e. The van der Waals surface area contributed by atoms with Crippen LogP contribution in [0.1, 0.15) is 17.3 Å². The molecule has 0 spiro atoms. The van der Waals surface area contributed by atoms with Crippen molar-refractivity contribution in [2.24, 2.45) is 0 Å². The van der Waals surface area contributed by atoms with E-state index in [1.807, 2.05) is 6.92 Å². The molecule has 1 aliphatic heterocycles. The summed E-state index contributed by atoms with van der Waals surface area (Å²) in [5, 5.41) is 18.3. The van der Waals surface area contributed by atoms with Crippen molar-refractivity contribution in [1.82, 2.24) is 4.90 Å². The van der Waals surface area contributed by atoms with E-state index >= 15 is 0 Å². The zero-order chi connectivity index (χ0) is 13.1. The van der Waals surface area contributed by atoms with Crippen molar-refractivity contribution in [3.05, 3.63) is 29.8 Å². The van der Waals surface area contributed by atoms with Crippen LogP contribution in [-0.2, 0) is 4.74 Å². The Balaban J connectivity index is 2.10. The van der Waals surface area contributed by atoms with Crippen LogP contribution in [0.4, 0.5) is 0 Å². The minimum atomic E-state index is -0.324. The van der Waals surface area contributed by atoms with Crippen LogP contribution in [0.3, 0.4) is 0 Å². The fourth-order valence-corrected chi connectivity index (χ4v) is 2.10. The Kier molecular flexibility index (Phi) is 3.84. The Labute approximate surface area is 106 Å². The molecular formula is C13H17NO4. The van der Waals surface area contributed by atoms with E-state index in [-0.39, 0.29) is 30.5 Å². The van der Waals surface area contributed by atoms with E-state index in [1.165, 1.54) is 12.1 Å². The number of amides is 1. The molecule has 1 heterocycles. The number of carbonyl (C=O) groups excluding carboxylic acids is 1. The number of aromatic hydroxyl groups is 1. The number of aliphatic hydroxyl groups excluding tert-OH is 1. The molecule has 1 aromatic carbocycles. The Morgan fingerprint density at radius 2 is 2.06 bits per heavy atom. The maximum Gasteiger partial charge on any atom is 0.254 e. The van der Waals surface area contributed by atoms with Crippen LogP contribution in [0.5, 0.6) is 5.75 Å². The number of rotatable bonds is 2. The molecule has 98 valence electrons. The van der Waals surface area contributed by atoms with Gasteiger partial charge in [-0.25, -0.2) is 0 Å². The number of benzene rings is 1. The van der Waals surface area contributed by atoms with Crippen LogP contribution in [0.25, 0.3) is 0 Å². The molecule has 1 amide bonds. The molecule has 1 aliphatic rings. The zero-order valence-corrected chi connectivity index (χ0v) is 10.2. The first-order valence-electron chi connectivity index (χ1n) is 5.94. The maximum absolute atomic E-state index is 12.2. The smallest absolute Gasteiger partial charge is 0.254 e. The Bertz CT molecular complexity index is 418. The van der Waals surface area contributed by atoms with Gasteiger partial charge in [0.05, 0.1) is 18.8 Å². The summed E-state index contributed by atoms with van der Waals surface area (Å²) in [6.45, 7) is 2.68. The summed E-state index contributed by atoms with van der Waals surface area (Å²) in [5.74, 6) is 0.0266. The van der Waals surface area contributed by atoms with Gasteiger partial charge in [-0.3, -0.25) is 4.79 Å². The van der Waals surface area contributed by atoms with Gasteiger partial charge in [-0.15, -0.1) is 0 Å². The zero-order valence-electron chi connectivity index (χ0n) is 10.2. The second-order valence-corrected chi connectivity index (χ2v) is 4.51. The van der Waals surface area contributed by atoms with Gasteiger partial charge in [-0.05, 0) is 31.2 Å². The van der Waals surface area contributed by atoms with Crippen molar-refractivity contribution in [2.45, 2.75) is 19.1 Å². The number of ether oxygens (including phenoxy) is 1. The summed E-state index contributed by atoms with van der Waals surface area (Å²) in [6.07, 6.45) is -0.410. The van der Waals surface area contributed by atoms with Gasteiger partial charge >= 0.3 is 0 Å². The molecule has 2 unspecified atom stereocenters. The third-order valence-corrected chi connectivity index (χ3v) is 2.93. The molecule has 2 N–H and O–H groups in total. The molecule has 5 heteroatoms. The van der Waals surface area contributed by atoms with Crippen LogP contribution in [0.15, 0.2) is 24.3 Å². The molecule has 1 saturated heterocycles. The number of phenolic OH excluding ortho intramolecular Hbond substituents is 1. The van der Waals surface area contributed by atoms with Crippen LogP contribution in [0, 0.1) is 0 Å². The highest BCUT2D eigenvalue weighted by atomic mass is 16.5. The number of morpholine rings is 1. The molecule has 0 bridgehead atoms. The number of aliphatic hydroxyl groups is 1. The van der Waals surface area contributed by atoms with Crippen molar-refractivity contribution < 1.29 is 19.7 Å². The number of carbonyl (C=O) groups is 1. The summed E-state index contributed by atoms with van der Waals surface area (Å²) < 4.78 is 5.49. The van der Waals surface area contributed by atoms with Crippen molar-refractivity contribution >= 4 is 5.91 Å². The first-order valence-corrected chi connectivity index (χ1v) is 5.94. The number of hydrogen-bond acceptors (Lipinski definition) is 4.